The van der Waals surface area contributed by atoms with Crippen LogP contribution in [0.3, 0.4) is 0 Å². The predicted octanol–water partition coefficient (Wildman–Crippen LogP) is 1.89. The van der Waals surface area contributed by atoms with E-state index in [-0.39, 0.29) is 17.9 Å². The Morgan fingerprint density at radius 1 is 1.33 bits per heavy atom. The third kappa shape index (κ3) is 3.44. The lowest BCUT2D eigenvalue weighted by Crippen LogP contribution is -2.41. The fraction of sp³-hybridized carbons (Fsp3) is 0.467. The van der Waals surface area contributed by atoms with E-state index in [1.54, 1.807) is 25.3 Å². The van der Waals surface area contributed by atoms with Gasteiger partial charge in [-0.25, -0.2) is 0 Å². The summed E-state index contributed by atoms with van der Waals surface area (Å²) in [6, 6.07) is 5.12. The average molecular weight is 308 g/mol. The second-order valence-electron chi connectivity index (χ2n) is 5.09. The van der Waals surface area contributed by atoms with Crippen molar-refractivity contribution in [1.29, 1.82) is 0 Å². The second-order valence-corrected chi connectivity index (χ2v) is 5.56. The van der Waals surface area contributed by atoms with Crippen molar-refractivity contribution in [3.63, 3.8) is 0 Å². The minimum Gasteiger partial charge on any atom is -0.497 e. The van der Waals surface area contributed by atoms with Crippen LogP contribution in [0.5, 0.6) is 11.5 Å². The first-order valence-corrected chi connectivity index (χ1v) is 7.30. The fourth-order valence-corrected chi connectivity index (χ4v) is 2.99. The quantitative estimate of drug-likeness (QED) is 0.813. The van der Waals surface area contributed by atoms with Gasteiger partial charge in [-0.1, -0.05) is 18.6 Å². The summed E-state index contributed by atoms with van der Waals surface area (Å²) >= 11 is 5.07. The van der Waals surface area contributed by atoms with Crippen LogP contribution in [0.25, 0.3) is 0 Å². The summed E-state index contributed by atoms with van der Waals surface area (Å²) in [4.78, 5) is 12.9. The Hall–Kier alpha value is -1.82. The Bertz CT molecular complexity index is 548. The molecule has 3 N–H and O–H groups in total. The highest BCUT2D eigenvalue weighted by Gasteiger charge is 2.31. The normalized spacial score (nSPS) is 20.9. The lowest BCUT2D eigenvalue weighted by Gasteiger charge is -2.20. The van der Waals surface area contributed by atoms with Crippen LogP contribution in [0.2, 0.25) is 0 Å². The van der Waals surface area contributed by atoms with Crippen LogP contribution in [-0.2, 0) is 0 Å². The monoisotopic (exact) mass is 308 g/mol. The van der Waals surface area contributed by atoms with Gasteiger partial charge in [-0.3, -0.25) is 4.79 Å². The third-order valence-electron chi connectivity index (χ3n) is 3.85. The number of methoxy groups -OCH3 is 2. The number of benzene rings is 1. The molecule has 114 valence electrons. The predicted molar refractivity (Wildman–Crippen MR) is 84.9 cm³/mol. The Morgan fingerprint density at radius 2 is 2.10 bits per heavy atom. The van der Waals surface area contributed by atoms with Gasteiger partial charge in [0.05, 0.1) is 24.8 Å². The minimum absolute atomic E-state index is 0.00167. The van der Waals surface area contributed by atoms with Gasteiger partial charge >= 0.3 is 0 Å². The summed E-state index contributed by atoms with van der Waals surface area (Å²) in [5.74, 6) is 1.03. The summed E-state index contributed by atoms with van der Waals surface area (Å²) in [5, 5.41) is 3.01. The molecule has 1 aromatic carbocycles. The van der Waals surface area contributed by atoms with Crippen LogP contribution in [0.15, 0.2) is 18.2 Å². The first-order chi connectivity index (χ1) is 10.1. The van der Waals surface area contributed by atoms with E-state index < -0.39 is 0 Å². The lowest BCUT2D eigenvalue weighted by molar-refractivity contribution is 0.0930. The van der Waals surface area contributed by atoms with Gasteiger partial charge in [-0.2, -0.15) is 0 Å². The molecule has 0 heterocycles. The molecule has 1 aromatic rings. The molecule has 0 aliphatic heterocycles. The van der Waals surface area contributed by atoms with Gasteiger partial charge in [0, 0.05) is 18.0 Å². The number of ether oxygens (including phenoxy) is 2. The molecule has 0 spiro atoms. The molecule has 0 aromatic heterocycles. The number of carbonyl (C=O) groups is 1. The van der Waals surface area contributed by atoms with E-state index in [0.717, 1.165) is 19.3 Å². The zero-order valence-corrected chi connectivity index (χ0v) is 13.0. The highest BCUT2D eigenvalue weighted by molar-refractivity contribution is 7.80. The van der Waals surface area contributed by atoms with Crippen LogP contribution in [0.4, 0.5) is 0 Å². The SMILES string of the molecule is COc1ccc(C(=O)NC2CCCC2C(N)=S)c(OC)c1. The molecular formula is C15H20N2O3S. The number of rotatable bonds is 5. The number of nitrogens with one attached hydrogen (secondary N) is 1. The Balaban J connectivity index is 2.15. The highest BCUT2D eigenvalue weighted by Crippen LogP contribution is 2.28. The van der Waals surface area contributed by atoms with Crippen molar-refractivity contribution in [3.8, 4) is 11.5 Å². The van der Waals surface area contributed by atoms with Crippen molar-refractivity contribution in [2.75, 3.05) is 14.2 Å². The number of hydrogen-bond acceptors (Lipinski definition) is 4. The smallest absolute Gasteiger partial charge is 0.255 e. The average Bonchev–Trinajstić information content (AvgIpc) is 2.94. The number of thiocarbonyl (C=S) groups is 1. The maximum absolute atomic E-state index is 12.4. The van der Waals surface area contributed by atoms with Crippen molar-refractivity contribution in [1.82, 2.24) is 5.32 Å². The molecule has 1 amide bonds. The van der Waals surface area contributed by atoms with Crippen LogP contribution in [-0.4, -0.2) is 31.2 Å². The molecule has 0 saturated heterocycles. The van der Waals surface area contributed by atoms with Gasteiger partial charge in [0.1, 0.15) is 11.5 Å². The van der Waals surface area contributed by atoms with Gasteiger partial charge in [-0.15, -0.1) is 0 Å². The van der Waals surface area contributed by atoms with E-state index in [9.17, 15) is 4.79 Å². The van der Waals surface area contributed by atoms with Gasteiger partial charge in [0.25, 0.3) is 5.91 Å². The van der Waals surface area contributed by atoms with Crippen LogP contribution in [0, 0.1) is 5.92 Å². The minimum atomic E-state index is -0.178. The van der Waals surface area contributed by atoms with Crippen LogP contribution in [0.1, 0.15) is 29.6 Å². The second kappa shape index (κ2) is 6.76. The largest absolute Gasteiger partial charge is 0.497 e. The van der Waals surface area contributed by atoms with E-state index >= 15 is 0 Å². The van der Waals surface area contributed by atoms with Gasteiger partial charge in [0.2, 0.25) is 0 Å². The first kappa shape index (κ1) is 15.6. The molecule has 1 aliphatic carbocycles. The fourth-order valence-electron chi connectivity index (χ4n) is 2.71. The van der Waals surface area contributed by atoms with Crippen molar-refractivity contribution in [2.24, 2.45) is 11.7 Å². The van der Waals surface area contributed by atoms with E-state index in [1.165, 1.54) is 7.11 Å². The third-order valence-corrected chi connectivity index (χ3v) is 4.15. The zero-order valence-electron chi connectivity index (χ0n) is 12.2. The Labute approximate surface area is 129 Å². The van der Waals surface area contributed by atoms with Crippen molar-refractivity contribution in [3.05, 3.63) is 23.8 Å². The first-order valence-electron chi connectivity index (χ1n) is 6.89. The summed E-state index contributed by atoms with van der Waals surface area (Å²) in [6.45, 7) is 0. The number of amides is 1. The van der Waals surface area contributed by atoms with E-state index in [2.05, 4.69) is 5.32 Å². The van der Waals surface area contributed by atoms with Crippen molar-refractivity contribution >= 4 is 23.1 Å². The Kier molecular flexibility index (Phi) is 5.01. The molecule has 2 unspecified atom stereocenters. The van der Waals surface area contributed by atoms with Crippen molar-refractivity contribution in [2.45, 2.75) is 25.3 Å². The van der Waals surface area contributed by atoms with E-state index in [0.29, 0.717) is 22.1 Å². The number of nitrogens with two attached hydrogens (primary N) is 1. The Morgan fingerprint density at radius 3 is 2.71 bits per heavy atom. The molecule has 6 heteroatoms. The van der Waals surface area contributed by atoms with E-state index in [4.69, 9.17) is 27.4 Å². The summed E-state index contributed by atoms with van der Waals surface area (Å²) < 4.78 is 10.4. The molecule has 5 nitrogen and oxygen atoms in total. The van der Waals surface area contributed by atoms with E-state index in [1.807, 2.05) is 0 Å². The maximum Gasteiger partial charge on any atom is 0.255 e. The van der Waals surface area contributed by atoms with Crippen molar-refractivity contribution < 1.29 is 14.3 Å². The number of carbonyl (C=O) groups excluding carboxylic acids is 1. The molecule has 1 aliphatic rings. The van der Waals surface area contributed by atoms with Gasteiger partial charge < -0.3 is 20.5 Å². The molecule has 1 saturated carbocycles. The van der Waals surface area contributed by atoms with Crippen LogP contribution < -0.4 is 20.5 Å². The zero-order chi connectivity index (χ0) is 15.4. The van der Waals surface area contributed by atoms with Gasteiger partial charge in [-0.05, 0) is 25.0 Å². The highest BCUT2D eigenvalue weighted by atomic mass is 32.1. The van der Waals surface area contributed by atoms with Gasteiger partial charge in [0.15, 0.2) is 0 Å². The molecule has 0 bridgehead atoms. The molecule has 1 fully saturated rings. The molecule has 0 radical (unpaired) electrons. The topological polar surface area (TPSA) is 73.6 Å². The molecule has 21 heavy (non-hydrogen) atoms. The maximum atomic E-state index is 12.4. The molecule has 2 rings (SSSR count). The summed E-state index contributed by atoms with van der Waals surface area (Å²) in [7, 11) is 3.10. The lowest BCUT2D eigenvalue weighted by atomic mass is 10.0. The molecule has 2 atom stereocenters. The number of hydrogen-bond donors (Lipinski definition) is 2. The molecular weight excluding hydrogens is 288 g/mol. The summed E-state index contributed by atoms with van der Waals surface area (Å²) in [6.07, 6.45) is 2.85. The standard InChI is InChI=1S/C15H20N2O3S/c1-19-9-6-7-11(13(8-9)20-2)15(18)17-12-5-3-4-10(12)14(16)21/h6-8,10,12H,3-5H2,1-2H3,(H2,16,21)(H,17,18). The van der Waals surface area contributed by atoms with Crippen LogP contribution >= 0.6 is 12.2 Å². The summed E-state index contributed by atoms with van der Waals surface area (Å²) in [5.41, 5.74) is 6.21.